The summed E-state index contributed by atoms with van der Waals surface area (Å²) in [5, 5.41) is 3.15. The van der Waals surface area contributed by atoms with E-state index in [-0.39, 0.29) is 30.7 Å². The van der Waals surface area contributed by atoms with E-state index in [0.29, 0.717) is 17.1 Å². The van der Waals surface area contributed by atoms with E-state index in [1.54, 1.807) is 36.2 Å². The van der Waals surface area contributed by atoms with Crippen molar-refractivity contribution in [1.29, 1.82) is 0 Å². The van der Waals surface area contributed by atoms with Crippen LogP contribution in [-0.4, -0.2) is 42.8 Å². The molecule has 0 aromatic heterocycles. The van der Waals surface area contributed by atoms with Gasteiger partial charge in [-0.25, -0.2) is 0 Å². The maximum absolute atomic E-state index is 12.4. The number of benzene rings is 2. The fourth-order valence-electron chi connectivity index (χ4n) is 3.08. The fourth-order valence-corrected chi connectivity index (χ4v) is 3.26. The summed E-state index contributed by atoms with van der Waals surface area (Å²) in [7, 11) is 1.59. The number of amides is 3. The molecule has 0 bridgehead atoms. The van der Waals surface area contributed by atoms with Crippen molar-refractivity contribution < 1.29 is 14.4 Å². The molecule has 2 aromatic carbocycles. The van der Waals surface area contributed by atoms with Gasteiger partial charge in [0.25, 0.3) is 0 Å². The molecule has 0 spiro atoms. The zero-order valence-electron chi connectivity index (χ0n) is 15.7. The molecule has 7 heteroatoms. The summed E-state index contributed by atoms with van der Waals surface area (Å²) in [6.07, 6.45) is 1.64. The largest absolute Gasteiger partial charge is 0.336 e. The van der Waals surface area contributed by atoms with E-state index in [2.05, 4.69) is 5.32 Å². The maximum atomic E-state index is 12.4. The number of hydrogen-bond acceptors (Lipinski definition) is 3. The van der Waals surface area contributed by atoms with Gasteiger partial charge in [-0.15, -0.1) is 0 Å². The van der Waals surface area contributed by atoms with Crippen LogP contribution in [0.1, 0.15) is 18.4 Å². The molecule has 6 nitrogen and oxygen atoms in total. The Morgan fingerprint density at radius 2 is 1.86 bits per heavy atom. The Balaban J connectivity index is 1.53. The molecular formula is C21H22ClN3O3. The van der Waals surface area contributed by atoms with Crippen molar-refractivity contribution in [3.8, 4) is 0 Å². The topological polar surface area (TPSA) is 69.7 Å². The van der Waals surface area contributed by atoms with Gasteiger partial charge in [-0.05, 0) is 36.2 Å². The number of halogens is 1. The van der Waals surface area contributed by atoms with Crippen LogP contribution in [0.5, 0.6) is 0 Å². The van der Waals surface area contributed by atoms with Gasteiger partial charge in [0.2, 0.25) is 17.7 Å². The third-order valence-electron chi connectivity index (χ3n) is 4.63. The number of carbonyl (C=O) groups excluding carboxylic acids is 3. The Kier molecular flexibility index (Phi) is 6.31. The average molecular weight is 400 g/mol. The van der Waals surface area contributed by atoms with Gasteiger partial charge in [0.15, 0.2) is 0 Å². The molecule has 0 radical (unpaired) electrons. The van der Waals surface area contributed by atoms with Gasteiger partial charge >= 0.3 is 0 Å². The lowest BCUT2D eigenvalue weighted by atomic mass is 10.1. The summed E-state index contributed by atoms with van der Waals surface area (Å²) >= 11 is 6.02. The molecule has 1 fully saturated rings. The van der Waals surface area contributed by atoms with E-state index < -0.39 is 0 Å². The van der Waals surface area contributed by atoms with E-state index in [0.717, 1.165) is 24.2 Å². The van der Waals surface area contributed by atoms with Crippen LogP contribution < -0.4 is 10.2 Å². The third-order valence-corrected chi connectivity index (χ3v) is 4.96. The van der Waals surface area contributed by atoms with Gasteiger partial charge in [-0.1, -0.05) is 35.9 Å². The first-order chi connectivity index (χ1) is 13.4. The molecule has 0 atom stereocenters. The summed E-state index contributed by atoms with van der Waals surface area (Å²) in [6.45, 7) is 0.671. The Morgan fingerprint density at radius 1 is 1.14 bits per heavy atom. The Morgan fingerprint density at radius 3 is 2.50 bits per heavy atom. The van der Waals surface area contributed by atoms with Crippen LogP contribution in [0.3, 0.4) is 0 Å². The van der Waals surface area contributed by atoms with Crippen molar-refractivity contribution in [3.63, 3.8) is 0 Å². The zero-order chi connectivity index (χ0) is 20.1. The molecule has 28 heavy (non-hydrogen) atoms. The number of anilines is 2. The molecular weight excluding hydrogens is 378 g/mol. The highest BCUT2D eigenvalue weighted by Gasteiger charge is 2.21. The SMILES string of the molecule is CN(CC(=O)Nc1ccccc1Cl)C(=O)Cc1ccc(N2CCCC2=O)cc1. The molecule has 1 aliphatic heterocycles. The normalized spacial score (nSPS) is 13.5. The monoisotopic (exact) mass is 399 g/mol. The molecule has 1 N–H and O–H groups in total. The summed E-state index contributed by atoms with van der Waals surface area (Å²) in [5.74, 6) is -0.348. The first-order valence-electron chi connectivity index (χ1n) is 9.11. The maximum Gasteiger partial charge on any atom is 0.244 e. The van der Waals surface area contributed by atoms with E-state index in [1.807, 2.05) is 24.3 Å². The quantitative estimate of drug-likeness (QED) is 0.811. The molecule has 1 aliphatic rings. The highest BCUT2D eigenvalue weighted by Crippen LogP contribution is 2.22. The Labute approximate surface area is 169 Å². The Hall–Kier alpha value is -2.86. The Bertz CT molecular complexity index is 883. The van der Waals surface area contributed by atoms with Crippen molar-refractivity contribution in [1.82, 2.24) is 4.90 Å². The first kappa shape index (κ1) is 19.9. The van der Waals surface area contributed by atoms with Crippen molar-refractivity contribution in [2.45, 2.75) is 19.3 Å². The molecule has 1 heterocycles. The standard InChI is InChI=1S/C21H22ClN3O3/c1-24(14-19(26)23-18-6-3-2-5-17(18)22)21(28)13-15-8-10-16(11-9-15)25-12-4-7-20(25)27/h2-3,5-6,8-11H,4,7,12-14H2,1H3,(H,23,26). The summed E-state index contributed by atoms with van der Waals surface area (Å²) in [5.41, 5.74) is 2.20. The van der Waals surface area contributed by atoms with Crippen LogP contribution in [0.2, 0.25) is 5.02 Å². The second-order valence-electron chi connectivity index (χ2n) is 6.77. The predicted octanol–water partition coefficient (Wildman–Crippen LogP) is 3.11. The number of hydrogen-bond donors (Lipinski definition) is 1. The molecule has 3 amide bonds. The lowest BCUT2D eigenvalue weighted by Gasteiger charge is -2.18. The van der Waals surface area contributed by atoms with Gasteiger partial charge in [0.05, 0.1) is 23.7 Å². The van der Waals surface area contributed by atoms with E-state index in [1.165, 1.54) is 4.90 Å². The van der Waals surface area contributed by atoms with Gasteiger partial charge < -0.3 is 15.1 Å². The summed E-state index contributed by atoms with van der Waals surface area (Å²) in [6, 6.07) is 14.3. The average Bonchev–Trinajstić information content (AvgIpc) is 3.10. The van der Waals surface area contributed by atoms with Crippen LogP contribution in [0.15, 0.2) is 48.5 Å². The summed E-state index contributed by atoms with van der Waals surface area (Å²) < 4.78 is 0. The number of carbonyl (C=O) groups is 3. The van der Waals surface area contributed by atoms with E-state index in [4.69, 9.17) is 11.6 Å². The van der Waals surface area contributed by atoms with Gasteiger partial charge in [0.1, 0.15) is 0 Å². The highest BCUT2D eigenvalue weighted by atomic mass is 35.5. The van der Waals surface area contributed by atoms with E-state index >= 15 is 0 Å². The van der Waals surface area contributed by atoms with Crippen LogP contribution in [-0.2, 0) is 20.8 Å². The van der Waals surface area contributed by atoms with Crippen LogP contribution in [0, 0.1) is 0 Å². The van der Waals surface area contributed by atoms with E-state index in [9.17, 15) is 14.4 Å². The minimum absolute atomic E-state index is 0.0651. The number of para-hydroxylation sites is 1. The van der Waals surface area contributed by atoms with Crippen molar-refractivity contribution in [2.24, 2.45) is 0 Å². The minimum Gasteiger partial charge on any atom is -0.336 e. The molecule has 3 rings (SSSR count). The minimum atomic E-state index is -0.313. The second kappa shape index (κ2) is 8.89. The lowest BCUT2D eigenvalue weighted by molar-refractivity contribution is -0.132. The molecule has 146 valence electrons. The van der Waals surface area contributed by atoms with Crippen molar-refractivity contribution in [2.75, 3.05) is 30.4 Å². The molecule has 0 unspecified atom stereocenters. The fraction of sp³-hybridized carbons (Fsp3) is 0.286. The number of nitrogens with one attached hydrogen (secondary N) is 1. The van der Waals surface area contributed by atoms with Gasteiger partial charge in [-0.2, -0.15) is 0 Å². The van der Waals surface area contributed by atoms with Crippen LogP contribution in [0.4, 0.5) is 11.4 Å². The second-order valence-corrected chi connectivity index (χ2v) is 7.18. The molecule has 1 saturated heterocycles. The summed E-state index contributed by atoms with van der Waals surface area (Å²) in [4.78, 5) is 39.5. The lowest BCUT2D eigenvalue weighted by Crippen LogP contribution is -2.35. The predicted molar refractivity (Wildman–Crippen MR) is 109 cm³/mol. The number of nitrogens with zero attached hydrogens (tertiary/aromatic N) is 2. The van der Waals surface area contributed by atoms with Crippen LogP contribution >= 0.6 is 11.6 Å². The first-order valence-corrected chi connectivity index (χ1v) is 9.49. The van der Waals surface area contributed by atoms with Gasteiger partial charge in [-0.3, -0.25) is 14.4 Å². The van der Waals surface area contributed by atoms with Gasteiger partial charge in [0, 0.05) is 25.7 Å². The number of likely N-dealkylation sites (N-methyl/N-ethyl adjacent to an activating group) is 1. The molecule has 0 saturated carbocycles. The van der Waals surface area contributed by atoms with Crippen LogP contribution in [0.25, 0.3) is 0 Å². The third kappa shape index (κ3) is 4.89. The molecule has 2 aromatic rings. The highest BCUT2D eigenvalue weighted by molar-refractivity contribution is 6.33. The van der Waals surface area contributed by atoms with Crippen molar-refractivity contribution >= 4 is 40.7 Å². The van der Waals surface area contributed by atoms with Crippen molar-refractivity contribution in [3.05, 3.63) is 59.1 Å². The smallest absolute Gasteiger partial charge is 0.244 e. The molecule has 0 aliphatic carbocycles. The zero-order valence-corrected chi connectivity index (χ0v) is 16.4. The number of rotatable bonds is 6.